The Morgan fingerprint density at radius 2 is 1.88 bits per heavy atom. The third-order valence-electron chi connectivity index (χ3n) is 2.94. The molecule has 0 amide bonds. The van der Waals surface area contributed by atoms with Crippen LogP contribution >= 0.6 is 0 Å². The maximum Gasteiger partial charge on any atom is 0.131 e. The molecule has 0 fully saturated rings. The SMILES string of the molecule is CC(C)c1c(CN)ccc2c(F)cccc12. The predicted octanol–water partition coefficient (Wildman–Crippen LogP) is 3.56. The molecule has 0 unspecified atom stereocenters. The summed E-state index contributed by atoms with van der Waals surface area (Å²) >= 11 is 0. The highest BCUT2D eigenvalue weighted by Gasteiger charge is 2.11. The molecule has 2 rings (SSSR count). The molecule has 0 atom stereocenters. The van der Waals surface area contributed by atoms with Crippen LogP contribution in [0.2, 0.25) is 0 Å². The lowest BCUT2D eigenvalue weighted by Crippen LogP contribution is -2.04. The van der Waals surface area contributed by atoms with Crippen molar-refractivity contribution in [3.8, 4) is 0 Å². The van der Waals surface area contributed by atoms with E-state index in [9.17, 15) is 4.39 Å². The summed E-state index contributed by atoms with van der Waals surface area (Å²) in [5.74, 6) is 0.187. The number of hydrogen-bond donors (Lipinski definition) is 1. The van der Waals surface area contributed by atoms with Gasteiger partial charge in [-0.05, 0) is 28.5 Å². The van der Waals surface area contributed by atoms with E-state index in [0.29, 0.717) is 17.8 Å². The van der Waals surface area contributed by atoms with E-state index in [1.807, 2.05) is 18.2 Å². The van der Waals surface area contributed by atoms with Crippen LogP contribution < -0.4 is 5.73 Å². The highest BCUT2D eigenvalue weighted by Crippen LogP contribution is 2.30. The van der Waals surface area contributed by atoms with Gasteiger partial charge < -0.3 is 5.73 Å². The average molecular weight is 217 g/mol. The van der Waals surface area contributed by atoms with E-state index in [0.717, 1.165) is 10.9 Å². The fourth-order valence-electron chi connectivity index (χ4n) is 2.25. The van der Waals surface area contributed by atoms with Gasteiger partial charge in [-0.2, -0.15) is 0 Å². The van der Waals surface area contributed by atoms with Gasteiger partial charge in [0, 0.05) is 11.9 Å². The molecule has 2 N–H and O–H groups in total. The van der Waals surface area contributed by atoms with Crippen molar-refractivity contribution in [2.75, 3.05) is 0 Å². The average Bonchev–Trinajstić information content (AvgIpc) is 2.27. The molecule has 1 nitrogen and oxygen atoms in total. The van der Waals surface area contributed by atoms with Gasteiger partial charge in [-0.1, -0.05) is 38.1 Å². The van der Waals surface area contributed by atoms with Crippen LogP contribution in [0.15, 0.2) is 30.3 Å². The molecular formula is C14H16FN. The second-order valence-electron chi connectivity index (χ2n) is 4.33. The van der Waals surface area contributed by atoms with E-state index < -0.39 is 0 Å². The molecule has 0 saturated carbocycles. The molecule has 0 aliphatic rings. The van der Waals surface area contributed by atoms with Gasteiger partial charge >= 0.3 is 0 Å². The standard InChI is InChI=1S/C14H16FN/c1-9(2)14-10(8-16)6-7-11-12(14)4-3-5-13(11)15/h3-7,9H,8,16H2,1-2H3. The summed E-state index contributed by atoms with van der Waals surface area (Å²) < 4.78 is 13.6. The lowest BCUT2D eigenvalue weighted by molar-refractivity contribution is 0.639. The summed E-state index contributed by atoms with van der Waals surface area (Å²) in [5.41, 5.74) is 7.99. The summed E-state index contributed by atoms with van der Waals surface area (Å²) in [7, 11) is 0. The molecule has 0 saturated heterocycles. The van der Waals surface area contributed by atoms with Crippen LogP contribution in [0.25, 0.3) is 10.8 Å². The maximum absolute atomic E-state index is 13.6. The van der Waals surface area contributed by atoms with Crippen LogP contribution in [0.4, 0.5) is 4.39 Å². The minimum absolute atomic E-state index is 0.164. The zero-order valence-electron chi connectivity index (χ0n) is 9.63. The van der Waals surface area contributed by atoms with Crippen molar-refractivity contribution in [1.82, 2.24) is 0 Å². The Morgan fingerprint density at radius 1 is 1.12 bits per heavy atom. The van der Waals surface area contributed by atoms with Gasteiger partial charge in [0.25, 0.3) is 0 Å². The first-order valence-corrected chi connectivity index (χ1v) is 5.55. The first kappa shape index (κ1) is 11.1. The highest BCUT2D eigenvalue weighted by molar-refractivity contribution is 5.87. The Bertz CT molecular complexity index is 517. The number of benzene rings is 2. The third kappa shape index (κ3) is 1.69. The van der Waals surface area contributed by atoms with Crippen molar-refractivity contribution in [3.05, 3.63) is 47.3 Å². The topological polar surface area (TPSA) is 26.0 Å². The lowest BCUT2D eigenvalue weighted by Gasteiger charge is -2.15. The monoisotopic (exact) mass is 217 g/mol. The molecule has 0 heterocycles. The van der Waals surface area contributed by atoms with Gasteiger partial charge in [-0.25, -0.2) is 4.39 Å². The summed E-state index contributed by atoms with van der Waals surface area (Å²) in [6, 6.07) is 8.96. The van der Waals surface area contributed by atoms with E-state index in [4.69, 9.17) is 5.73 Å². The largest absolute Gasteiger partial charge is 0.326 e. The summed E-state index contributed by atoms with van der Waals surface area (Å²) in [4.78, 5) is 0. The molecule has 16 heavy (non-hydrogen) atoms. The highest BCUT2D eigenvalue weighted by atomic mass is 19.1. The van der Waals surface area contributed by atoms with Crippen molar-refractivity contribution in [1.29, 1.82) is 0 Å². The Balaban J connectivity index is 2.84. The third-order valence-corrected chi connectivity index (χ3v) is 2.94. The smallest absolute Gasteiger partial charge is 0.131 e. The van der Waals surface area contributed by atoms with Crippen molar-refractivity contribution >= 4 is 10.8 Å². The molecule has 0 bridgehead atoms. The van der Waals surface area contributed by atoms with Crippen LogP contribution in [-0.2, 0) is 6.54 Å². The summed E-state index contributed by atoms with van der Waals surface area (Å²) in [6.07, 6.45) is 0. The molecule has 0 aromatic heterocycles. The van der Waals surface area contributed by atoms with Crippen LogP contribution in [0.3, 0.4) is 0 Å². The van der Waals surface area contributed by atoms with Crippen LogP contribution in [0, 0.1) is 5.82 Å². The number of hydrogen-bond acceptors (Lipinski definition) is 1. The minimum Gasteiger partial charge on any atom is -0.326 e. The van der Waals surface area contributed by atoms with Crippen molar-refractivity contribution in [2.24, 2.45) is 5.73 Å². The van der Waals surface area contributed by atoms with Crippen LogP contribution in [0.1, 0.15) is 30.9 Å². The van der Waals surface area contributed by atoms with Crippen molar-refractivity contribution < 1.29 is 4.39 Å². The van der Waals surface area contributed by atoms with Crippen LogP contribution in [0.5, 0.6) is 0 Å². The zero-order chi connectivity index (χ0) is 11.7. The Morgan fingerprint density at radius 3 is 2.50 bits per heavy atom. The van der Waals surface area contributed by atoms with E-state index in [1.165, 1.54) is 11.6 Å². The molecule has 2 aromatic rings. The maximum atomic E-state index is 13.6. The van der Waals surface area contributed by atoms with E-state index in [-0.39, 0.29) is 5.82 Å². The van der Waals surface area contributed by atoms with Crippen molar-refractivity contribution in [3.63, 3.8) is 0 Å². The van der Waals surface area contributed by atoms with Crippen molar-refractivity contribution in [2.45, 2.75) is 26.3 Å². The molecule has 0 spiro atoms. The quantitative estimate of drug-likeness (QED) is 0.817. The Kier molecular flexibility index (Phi) is 2.92. The molecule has 0 aliphatic carbocycles. The first-order chi connectivity index (χ1) is 7.65. The predicted molar refractivity (Wildman–Crippen MR) is 65.9 cm³/mol. The fourth-order valence-corrected chi connectivity index (χ4v) is 2.25. The van der Waals surface area contributed by atoms with Gasteiger partial charge in [0.1, 0.15) is 5.82 Å². The molecule has 0 aliphatic heterocycles. The number of fused-ring (bicyclic) bond motifs is 1. The molecule has 2 heteroatoms. The normalized spacial score (nSPS) is 11.3. The first-order valence-electron chi connectivity index (χ1n) is 5.55. The summed E-state index contributed by atoms with van der Waals surface area (Å²) in [6.45, 7) is 4.72. The second-order valence-corrected chi connectivity index (χ2v) is 4.33. The molecular weight excluding hydrogens is 201 g/mol. The Hall–Kier alpha value is -1.41. The molecule has 84 valence electrons. The lowest BCUT2D eigenvalue weighted by atomic mass is 9.91. The number of rotatable bonds is 2. The molecule has 2 aromatic carbocycles. The van der Waals surface area contributed by atoms with E-state index in [2.05, 4.69) is 13.8 Å². The minimum atomic E-state index is -0.164. The van der Waals surface area contributed by atoms with E-state index in [1.54, 1.807) is 6.07 Å². The summed E-state index contributed by atoms with van der Waals surface area (Å²) in [5, 5.41) is 1.67. The van der Waals surface area contributed by atoms with Gasteiger partial charge in [-0.3, -0.25) is 0 Å². The zero-order valence-corrected chi connectivity index (χ0v) is 9.63. The van der Waals surface area contributed by atoms with Gasteiger partial charge in [0.2, 0.25) is 0 Å². The number of halogens is 1. The second kappa shape index (κ2) is 4.22. The molecule has 0 radical (unpaired) electrons. The van der Waals surface area contributed by atoms with Crippen LogP contribution in [-0.4, -0.2) is 0 Å². The fraction of sp³-hybridized carbons (Fsp3) is 0.286. The van der Waals surface area contributed by atoms with E-state index >= 15 is 0 Å². The van der Waals surface area contributed by atoms with Gasteiger partial charge in [0.15, 0.2) is 0 Å². The Labute approximate surface area is 95.1 Å². The van der Waals surface area contributed by atoms with Gasteiger partial charge in [-0.15, -0.1) is 0 Å². The van der Waals surface area contributed by atoms with Gasteiger partial charge in [0.05, 0.1) is 0 Å². The number of nitrogens with two attached hydrogens (primary N) is 1.